The van der Waals surface area contributed by atoms with Crippen molar-refractivity contribution in [1.82, 2.24) is 4.90 Å². The summed E-state index contributed by atoms with van der Waals surface area (Å²) >= 11 is 3.31. The maximum absolute atomic E-state index is 12.3. The van der Waals surface area contributed by atoms with Crippen LogP contribution < -0.4 is 0 Å². The molecular weight excluding hydrogens is 298 g/mol. The first-order valence-electron chi connectivity index (χ1n) is 5.64. The fourth-order valence-electron chi connectivity index (χ4n) is 1.75. The first-order chi connectivity index (χ1) is 8.38. The zero-order valence-corrected chi connectivity index (χ0v) is 12.2. The monoisotopic (exact) mass is 313 g/mol. The Kier molecular flexibility index (Phi) is 4.90. The van der Waals surface area contributed by atoms with Crippen molar-refractivity contribution >= 4 is 27.8 Å². The van der Waals surface area contributed by atoms with Gasteiger partial charge in [-0.15, -0.1) is 0 Å². The topological polar surface area (TPSA) is 57.6 Å². The molecule has 1 rings (SSSR count). The molecule has 0 saturated carbocycles. The molecule has 0 aromatic heterocycles. The molecule has 0 bridgehead atoms. The number of rotatable bonds is 4. The molecule has 1 atom stereocenters. The van der Waals surface area contributed by atoms with E-state index >= 15 is 0 Å². The van der Waals surface area contributed by atoms with Gasteiger partial charge in [0.05, 0.1) is 5.56 Å². The van der Waals surface area contributed by atoms with Gasteiger partial charge >= 0.3 is 5.97 Å². The first-order valence-corrected chi connectivity index (χ1v) is 6.43. The molecule has 1 unspecified atom stereocenters. The fraction of sp³-hybridized carbons (Fsp3) is 0.385. The standard InChI is InChI=1S/C13H16BrNO3/c1-4-11(13(17)18)15(3)12(16)9-7-8(2)5-6-10(9)14/h5-7,11H,4H2,1-3H3,(H,17,18). The number of aryl methyl sites for hydroxylation is 1. The summed E-state index contributed by atoms with van der Waals surface area (Å²) in [5.74, 6) is -1.28. The van der Waals surface area contributed by atoms with Gasteiger partial charge in [0.2, 0.25) is 0 Å². The van der Waals surface area contributed by atoms with Gasteiger partial charge in [0.1, 0.15) is 6.04 Å². The number of amides is 1. The number of halogens is 1. The molecule has 5 heteroatoms. The molecule has 1 N–H and O–H groups in total. The summed E-state index contributed by atoms with van der Waals surface area (Å²) in [6.07, 6.45) is 0.376. The molecule has 0 fully saturated rings. The van der Waals surface area contributed by atoms with Crippen LogP contribution in [0.2, 0.25) is 0 Å². The second-order valence-electron chi connectivity index (χ2n) is 4.16. The molecule has 0 aliphatic carbocycles. The molecule has 0 heterocycles. The van der Waals surface area contributed by atoms with Crippen molar-refractivity contribution in [3.8, 4) is 0 Å². The summed E-state index contributed by atoms with van der Waals surface area (Å²) in [7, 11) is 1.51. The van der Waals surface area contributed by atoms with Crippen molar-refractivity contribution in [2.24, 2.45) is 0 Å². The molecular formula is C13H16BrNO3. The lowest BCUT2D eigenvalue weighted by Crippen LogP contribution is -2.42. The average molecular weight is 314 g/mol. The van der Waals surface area contributed by atoms with Crippen LogP contribution in [0.25, 0.3) is 0 Å². The molecule has 4 nitrogen and oxygen atoms in total. The summed E-state index contributed by atoms with van der Waals surface area (Å²) < 4.78 is 0.671. The van der Waals surface area contributed by atoms with E-state index < -0.39 is 12.0 Å². The SMILES string of the molecule is CCC(C(=O)O)N(C)C(=O)c1cc(C)ccc1Br. The third-order valence-corrected chi connectivity index (χ3v) is 3.50. The number of carboxylic acids is 1. The highest BCUT2D eigenvalue weighted by atomic mass is 79.9. The van der Waals surface area contributed by atoms with Gasteiger partial charge < -0.3 is 10.0 Å². The van der Waals surface area contributed by atoms with E-state index in [2.05, 4.69) is 15.9 Å². The van der Waals surface area contributed by atoms with Crippen molar-refractivity contribution in [2.75, 3.05) is 7.05 Å². The molecule has 98 valence electrons. The van der Waals surface area contributed by atoms with E-state index in [9.17, 15) is 9.59 Å². The Labute approximate surface area is 115 Å². The molecule has 1 aromatic rings. The van der Waals surface area contributed by atoms with Crippen LogP contribution >= 0.6 is 15.9 Å². The maximum Gasteiger partial charge on any atom is 0.326 e. The Hall–Kier alpha value is -1.36. The lowest BCUT2D eigenvalue weighted by atomic mass is 10.1. The van der Waals surface area contributed by atoms with Crippen molar-refractivity contribution < 1.29 is 14.7 Å². The highest BCUT2D eigenvalue weighted by Crippen LogP contribution is 2.20. The van der Waals surface area contributed by atoms with E-state index in [0.717, 1.165) is 5.56 Å². The van der Waals surface area contributed by atoms with Gasteiger partial charge in [0.25, 0.3) is 5.91 Å². The van der Waals surface area contributed by atoms with Crippen molar-refractivity contribution in [3.63, 3.8) is 0 Å². The van der Waals surface area contributed by atoms with E-state index in [1.165, 1.54) is 11.9 Å². The van der Waals surface area contributed by atoms with Gasteiger partial charge in [-0.1, -0.05) is 18.6 Å². The Bertz CT molecular complexity index is 473. The van der Waals surface area contributed by atoms with Crippen LogP contribution in [0.1, 0.15) is 29.3 Å². The van der Waals surface area contributed by atoms with Gasteiger partial charge in [-0.3, -0.25) is 4.79 Å². The highest BCUT2D eigenvalue weighted by molar-refractivity contribution is 9.10. The van der Waals surface area contributed by atoms with Crippen LogP contribution in [-0.2, 0) is 4.79 Å². The Balaban J connectivity index is 3.06. The lowest BCUT2D eigenvalue weighted by Gasteiger charge is -2.24. The third kappa shape index (κ3) is 3.10. The number of benzene rings is 1. The number of hydrogen-bond acceptors (Lipinski definition) is 2. The van der Waals surface area contributed by atoms with Crippen molar-refractivity contribution in [3.05, 3.63) is 33.8 Å². The molecule has 1 aromatic carbocycles. The zero-order chi connectivity index (χ0) is 13.9. The molecule has 18 heavy (non-hydrogen) atoms. The van der Waals surface area contributed by atoms with E-state index in [4.69, 9.17) is 5.11 Å². The maximum atomic E-state index is 12.3. The summed E-state index contributed by atoms with van der Waals surface area (Å²) in [6.45, 7) is 3.63. The lowest BCUT2D eigenvalue weighted by molar-refractivity contribution is -0.142. The third-order valence-electron chi connectivity index (χ3n) is 2.81. The molecule has 0 aliphatic heterocycles. The van der Waals surface area contributed by atoms with E-state index in [0.29, 0.717) is 16.5 Å². The van der Waals surface area contributed by atoms with E-state index in [1.54, 1.807) is 19.1 Å². The zero-order valence-electron chi connectivity index (χ0n) is 10.6. The molecule has 0 radical (unpaired) electrons. The van der Waals surface area contributed by atoms with Gasteiger partial charge in [0, 0.05) is 11.5 Å². The normalized spacial score (nSPS) is 12.0. The fourth-order valence-corrected chi connectivity index (χ4v) is 2.16. The van der Waals surface area contributed by atoms with Crippen LogP contribution in [0.15, 0.2) is 22.7 Å². The van der Waals surface area contributed by atoms with Gasteiger partial charge in [0.15, 0.2) is 0 Å². The quantitative estimate of drug-likeness (QED) is 0.929. The number of carbonyl (C=O) groups is 2. The number of nitrogens with zero attached hydrogens (tertiary/aromatic N) is 1. The molecule has 0 spiro atoms. The van der Waals surface area contributed by atoms with Gasteiger partial charge in [-0.05, 0) is 41.4 Å². The number of carbonyl (C=O) groups excluding carboxylic acids is 1. The smallest absolute Gasteiger partial charge is 0.326 e. The van der Waals surface area contributed by atoms with Crippen LogP contribution in [0.3, 0.4) is 0 Å². The molecule has 1 amide bonds. The minimum Gasteiger partial charge on any atom is -0.480 e. The average Bonchev–Trinajstić information content (AvgIpc) is 2.31. The summed E-state index contributed by atoms with van der Waals surface area (Å²) in [5.41, 5.74) is 1.44. The second-order valence-corrected chi connectivity index (χ2v) is 5.02. The van der Waals surface area contributed by atoms with E-state index in [-0.39, 0.29) is 5.91 Å². The van der Waals surface area contributed by atoms with Gasteiger partial charge in [-0.25, -0.2) is 4.79 Å². The van der Waals surface area contributed by atoms with Crippen LogP contribution in [0.5, 0.6) is 0 Å². The Morgan fingerprint density at radius 1 is 1.44 bits per heavy atom. The predicted molar refractivity (Wildman–Crippen MR) is 72.7 cm³/mol. The minimum atomic E-state index is -0.989. The summed E-state index contributed by atoms with van der Waals surface area (Å²) in [5, 5.41) is 9.06. The largest absolute Gasteiger partial charge is 0.480 e. The Morgan fingerprint density at radius 3 is 2.56 bits per heavy atom. The van der Waals surface area contributed by atoms with Crippen LogP contribution in [0, 0.1) is 6.92 Å². The molecule has 0 saturated heterocycles. The summed E-state index contributed by atoms with van der Waals surface area (Å²) in [6, 6.07) is 4.62. The second kappa shape index (κ2) is 6.00. The van der Waals surface area contributed by atoms with Crippen molar-refractivity contribution in [1.29, 1.82) is 0 Å². The highest BCUT2D eigenvalue weighted by Gasteiger charge is 2.26. The number of aliphatic carboxylic acids is 1. The number of carboxylic acid groups (broad SMARTS) is 1. The van der Waals surface area contributed by atoms with Crippen LogP contribution in [-0.4, -0.2) is 35.0 Å². The van der Waals surface area contributed by atoms with Crippen molar-refractivity contribution in [2.45, 2.75) is 26.3 Å². The van der Waals surface area contributed by atoms with Gasteiger partial charge in [-0.2, -0.15) is 0 Å². The summed E-state index contributed by atoms with van der Waals surface area (Å²) in [4.78, 5) is 24.6. The molecule has 0 aliphatic rings. The number of likely N-dealkylation sites (N-methyl/N-ethyl adjacent to an activating group) is 1. The Morgan fingerprint density at radius 2 is 2.06 bits per heavy atom. The predicted octanol–water partition coefficient (Wildman–Crippen LogP) is 2.69. The minimum absolute atomic E-state index is 0.292. The number of hydrogen-bond donors (Lipinski definition) is 1. The first kappa shape index (κ1) is 14.7. The van der Waals surface area contributed by atoms with E-state index in [1.807, 2.05) is 13.0 Å². The van der Waals surface area contributed by atoms with Crippen LogP contribution in [0.4, 0.5) is 0 Å².